The second-order valence-corrected chi connectivity index (χ2v) is 9.73. The van der Waals surface area contributed by atoms with Gasteiger partial charge in [0.2, 0.25) is 11.8 Å². The fraction of sp³-hybridized carbons (Fsp3) is 0.826. The van der Waals surface area contributed by atoms with Gasteiger partial charge in [-0.15, -0.1) is 0 Å². The molecule has 0 heterocycles. The van der Waals surface area contributed by atoms with Gasteiger partial charge in [0.1, 0.15) is 11.5 Å². The lowest BCUT2D eigenvalue weighted by atomic mass is 9.88. The molecular formula is C23H44N2O5. The summed E-state index contributed by atoms with van der Waals surface area (Å²) in [4.78, 5) is 47.4. The number of amides is 2. The minimum atomic E-state index is -1.57. The molecule has 1 atom stereocenters. The summed E-state index contributed by atoms with van der Waals surface area (Å²) in [6.45, 7) is 16.6. The molecule has 0 rings (SSSR count). The molecule has 0 saturated heterocycles. The average molecular weight is 429 g/mol. The fourth-order valence-electron chi connectivity index (χ4n) is 2.24. The van der Waals surface area contributed by atoms with Crippen LogP contribution in [0, 0.1) is 23.2 Å². The molecule has 3 N–H and O–H groups in total. The Hall–Kier alpha value is -1.92. The molecule has 0 spiro atoms. The Morgan fingerprint density at radius 1 is 0.900 bits per heavy atom. The zero-order valence-corrected chi connectivity index (χ0v) is 20.4. The van der Waals surface area contributed by atoms with Crippen LogP contribution >= 0.6 is 0 Å². The number of nitrogens with one attached hydrogen (secondary N) is 2. The summed E-state index contributed by atoms with van der Waals surface area (Å²) in [7, 11) is 0. The molecule has 0 aromatic carbocycles. The maximum absolute atomic E-state index is 12.3. The molecule has 30 heavy (non-hydrogen) atoms. The summed E-state index contributed by atoms with van der Waals surface area (Å²) in [5, 5.41) is 14.2. The molecule has 7 nitrogen and oxygen atoms in total. The number of ketones is 1. The first-order chi connectivity index (χ1) is 13.6. The topological polar surface area (TPSA) is 113 Å². The van der Waals surface area contributed by atoms with Crippen LogP contribution in [0.3, 0.4) is 0 Å². The van der Waals surface area contributed by atoms with Crippen molar-refractivity contribution in [1.82, 2.24) is 10.6 Å². The van der Waals surface area contributed by atoms with Gasteiger partial charge >= 0.3 is 5.97 Å². The Labute approximate surface area is 182 Å². The number of carboxylic acid groups (broad SMARTS) is 1. The first kappa shape index (κ1) is 30.3. The third-order valence-electron chi connectivity index (χ3n) is 4.36. The molecule has 0 aliphatic carbocycles. The predicted molar refractivity (Wildman–Crippen MR) is 120 cm³/mol. The van der Waals surface area contributed by atoms with E-state index in [1.165, 1.54) is 13.8 Å². The van der Waals surface area contributed by atoms with E-state index in [0.29, 0.717) is 12.3 Å². The molecule has 7 heteroatoms. The van der Waals surface area contributed by atoms with Crippen LogP contribution < -0.4 is 10.6 Å². The number of carboxylic acids is 1. The van der Waals surface area contributed by atoms with Gasteiger partial charge in [-0.05, 0) is 38.0 Å². The summed E-state index contributed by atoms with van der Waals surface area (Å²) in [5.74, 6) is -1.24. The van der Waals surface area contributed by atoms with Crippen LogP contribution in [0.4, 0.5) is 0 Å². The summed E-state index contributed by atoms with van der Waals surface area (Å²) < 4.78 is 0. The van der Waals surface area contributed by atoms with Crippen molar-refractivity contribution in [3.8, 4) is 0 Å². The van der Waals surface area contributed by atoms with Crippen molar-refractivity contribution in [3.05, 3.63) is 0 Å². The molecule has 2 amide bonds. The summed E-state index contributed by atoms with van der Waals surface area (Å²) in [6, 6.07) is -0.756. The number of hydrogen-bond donors (Lipinski definition) is 3. The highest BCUT2D eigenvalue weighted by Gasteiger charge is 2.36. The lowest BCUT2D eigenvalue weighted by Gasteiger charge is -2.23. The van der Waals surface area contributed by atoms with Gasteiger partial charge in [0.15, 0.2) is 5.78 Å². The van der Waals surface area contributed by atoms with Gasteiger partial charge in [0.05, 0.1) is 6.54 Å². The summed E-state index contributed by atoms with van der Waals surface area (Å²) in [6.07, 6.45) is 3.14. The number of rotatable bonds is 12. The van der Waals surface area contributed by atoms with E-state index in [2.05, 4.69) is 45.3 Å². The molecule has 0 saturated carbocycles. The largest absolute Gasteiger partial charge is 0.481 e. The number of Topliss-reactive ketones (excluding diaryl/α,β-unsaturated/α-hetero) is 1. The smallest absolute Gasteiger partial charge is 0.316 e. The van der Waals surface area contributed by atoms with E-state index in [4.69, 9.17) is 5.11 Å². The van der Waals surface area contributed by atoms with Crippen LogP contribution in [0.25, 0.3) is 0 Å². The van der Waals surface area contributed by atoms with Crippen molar-refractivity contribution in [2.75, 3.05) is 6.54 Å². The second kappa shape index (κ2) is 15.0. The van der Waals surface area contributed by atoms with Gasteiger partial charge < -0.3 is 15.7 Å². The van der Waals surface area contributed by atoms with Crippen molar-refractivity contribution in [2.45, 2.75) is 94.0 Å². The molecule has 0 aromatic heterocycles. The Balaban J connectivity index is 0. The SMILES string of the molecule is CC(C)C.CC(C)CCCCC(=O)NC(C(=O)NCC(=O)C(C)(C)C(=O)O)C(C)C. The molecule has 0 aromatic rings. The van der Waals surface area contributed by atoms with Gasteiger partial charge in [-0.3, -0.25) is 19.2 Å². The second-order valence-electron chi connectivity index (χ2n) is 9.73. The lowest BCUT2D eigenvalue weighted by molar-refractivity contribution is -0.152. The molecule has 176 valence electrons. The van der Waals surface area contributed by atoms with Gasteiger partial charge in [0, 0.05) is 6.42 Å². The molecule has 1 unspecified atom stereocenters. The zero-order chi connectivity index (χ0) is 24.1. The Morgan fingerprint density at radius 3 is 1.80 bits per heavy atom. The Bertz CT molecular complexity index is 551. The maximum atomic E-state index is 12.3. The highest BCUT2D eigenvalue weighted by molar-refractivity contribution is 6.04. The molecule has 0 aliphatic heterocycles. The number of carbonyl (C=O) groups is 4. The van der Waals surface area contributed by atoms with Crippen molar-refractivity contribution < 1.29 is 24.3 Å². The normalized spacial score (nSPS) is 12.3. The molecule has 0 bridgehead atoms. The minimum Gasteiger partial charge on any atom is -0.481 e. The summed E-state index contributed by atoms with van der Waals surface area (Å²) in [5.41, 5.74) is -1.57. The predicted octanol–water partition coefficient (Wildman–Crippen LogP) is 3.80. The number of aliphatic carboxylic acids is 1. The maximum Gasteiger partial charge on any atom is 0.316 e. The van der Waals surface area contributed by atoms with E-state index in [9.17, 15) is 19.2 Å². The third kappa shape index (κ3) is 14.1. The van der Waals surface area contributed by atoms with Crippen LogP contribution in [0.2, 0.25) is 0 Å². The van der Waals surface area contributed by atoms with Crippen LogP contribution in [-0.4, -0.2) is 41.3 Å². The van der Waals surface area contributed by atoms with Crippen molar-refractivity contribution in [3.63, 3.8) is 0 Å². The van der Waals surface area contributed by atoms with E-state index in [-0.39, 0.29) is 18.4 Å². The van der Waals surface area contributed by atoms with E-state index in [1.54, 1.807) is 13.8 Å². The van der Waals surface area contributed by atoms with Crippen LogP contribution in [0.1, 0.15) is 88.0 Å². The van der Waals surface area contributed by atoms with Gasteiger partial charge in [0.25, 0.3) is 0 Å². The standard InChI is InChI=1S/C19H34N2O5.C4H10/c1-12(2)9-7-8-10-15(23)21-16(13(3)4)17(24)20-11-14(22)19(5,6)18(25)26;1-4(2)3/h12-13,16H,7-11H2,1-6H3,(H,20,24)(H,21,23)(H,25,26);4H,1-3H3. The van der Waals surface area contributed by atoms with E-state index < -0.39 is 29.1 Å². The molecular weight excluding hydrogens is 384 g/mol. The Morgan fingerprint density at radius 2 is 1.40 bits per heavy atom. The lowest BCUT2D eigenvalue weighted by Crippen LogP contribution is -2.51. The van der Waals surface area contributed by atoms with Gasteiger partial charge in [-0.25, -0.2) is 0 Å². The van der Waals surface area contributed by atoms with Gasteiger partial charge in [-0.2, -0.15) is 0 Å². The number of unbranched alkanes of at least 4 members (excludes halogenated alkanes) is 1. The van der Waals surface area contributed by atoms with Gasteiger partial charge in [-0.1, -0.05) is 61.3 Å². The van der Waals surface area contributed by atoms with Crippen molar-refractivity contribution in [2.24, 2.45) is 23.2 Å². The molecule has 0 aliphatic rings. The highest BCUT2D eigenvalue weighted by Crippen LogP contribution is 2.16. The van der Waals surface area contributed by atoms with E-state index in [0.717, 1.165) is 25.2 Å². The van der Waals surface area contributed by atoms with E-state index in [1.807, 2.05) is 0 Å². The van der Waals surface area contributed by atoms with Crippen molar-refractivity contribution in [1.29, 1.82) is 0 Å². The molecule has 0 radical (unpaired) electrons. The first-order valence-electron chi connectivity index (χ1n) is 11.0. The Kier molecular flexibility index (Phi) is 15.1. The minimum absolute atomic E-state index is 0.155. The van der Waals surface area contributed by atoms with Crippen LogP contribution in [0.5, 0.6) is 0 Å². The average Bonchev–Trinajstić information content (AvgIpc) is 2.59. The number of hydrogen-bond acceptors (Lipinski definition) is 4. The number of carbonyl (C=O) groups excluding carboxylic acids is 3. The monoisotopic (exact) mass is 428 g/mol. The van der Waals surface area contributed by atoms with E-state index >= 15 is 0 Å². The highest BCUT2D eigenvalue weighted by atomic mass is 16.4. The van der Waals surface area contributed by atoms with Crippen LogP contribution in [-0.2, 0) is 19.2 Å². The van der Waals surface area contributed by atoms with Crippen molar-refractivity contribution >= 4 is 23.6 Å². The first-order valence-corrected chi connectivity index (χ1v) is 11.0. The summed E-state index contributed by atoms with van der Waals surface area (Å²) >= 11 is 0. The van der Waals surface area contributed by atoms with Crippen LogP contribution in [0.15, 0.2) is 0 Å². The zero-order valence-electron chi connectivity index (χ0n) is 20.4. The fourth-order valence-corrected chi connectivity index (χ4v) is 2.24. The molecule has 0 fully saturated rings. The third-order valence-corrected chi connectivity index (χ3v) is 4.36. The quantitative estimate of drug-likeness (QED) is 0.323.